The van der Waals surface area contributed by atoms with Crippen LogP contribution >= 0.6 is 0 Å². The number of carbonyl (C=O) groups excluding carboxylic acids is 3. The lowest BCUT2D eigenvalue weighted by Crippen LogP contribution is -2.31. The Kier molecular flexibility index (Phi) is 9.68. The molecule has 0 saturated carbocycles. The van der Waals surface area contributed by atoms with Crippen LogP contribution in [0.2, 0.25) is 0 Å². The number of hydrogen-bond acceptors (Lipinski definition) is 6. The Balaban J connectivity index is 1.31. The van der Waals surface area contributed by atoms with E-state index in [1.54, 1.807) is 36.8 Å². The van der Waals surface area contributed by atoms with Crippen LogP contribution in [0.5, 0.6) is 0 Å². The summed E-state index contributed by atoms with van der Waals surface area (Å²) < 4.78 is 5.59. The normalized spacial score (nSPS) is 14.5. The van der Waals surface area contributed by atoms with Gasteiger partial charge in [0.25, 0.3) is 17.7 Å². The third-order valence-electron chi connectivity index (χ3n) is 7.82. The van der Waals surface area contributed by atoms with Crippen molar-refractivity contribution < 1.29 is 19.1 Å². The van der Waals surface area contributed by atoms with E-state index in [1.165, 1.54) is 0 Å². The maximum Gasteiger partial charge on any atom is 0.255 e. The van der Waals surface area contributed by atoms with Crippen molar-refractivity contribution >= 4 is 23.4 Å². The van der Waals surface area contributed by atoms with E-state index < -0.39 is 0 Å². The minimum atomic E-state index is -0.350. The summed E-state index contributed by atoms with van der Waals surface area (Å²) in [7, 11) is 0. The van der Waals surface area contributed by atoms with Crippen molar-refractivity contribution in [1.29, 1.82) is 0 Å². The van der Waals surface area contributed by atoms with Crippen molar-refractivity contribution in [1.82, 2.24) is 20.6 Å². The number of amides is 3. The number of ether oxygens (including phenoxy) is 1. The van der Waals surface area contributed by atoms with Gasteiger partial charge in [-0.3, -0.25) is 24.4 Å². The number of rotatable bonds is 9. The number of aromatic nitrogens is 2. The molecule has 1 saturated heterocycles. The van der Waals surface area contributed by atoms with Gasteiger partial charge in [-0.15, -0.1) is 0 Å². The highest BCUT2D eigenvalue weighted by molar-refractivity contribution is 6.06. The molecule has 9 nitrogen and oxygen atoms in total. The summed E-state index contributed by atoms with van der Waals surface area (Å²) in [6.07, 6.45) is 7.06. The van der Waals surface area contributed by atoms with E-state index in [9.17, 15) is 14.4 Å². The van der Waals surface area contributed by atoms with Crippen molar-refractivity contribution in [3.05, 3.63) is 113 Å². The Labute approximate surface area is 263 Å². The van der Waals surface area contributed by atoms with Crippen LogP contribution in [0, 0.1) is 6.92 Å². The second-order valence-corrected chi connectivity index (χ2v) is 12.3. The van der Waals surface area contributed by atoms with Gasteiger partial charge >= 0.3 is 0 Å². The van der Waals surface area contributed by atoms with E-state index in [-0.39, 0.29) is 29.2 Å². The van der Waals surface area contributed by atoms with Gasteiger partial charge in [-0.2, -0.15) is 0 Å². The molecule has 1 fully saturated rings. The largest absolute Gasteiger partial charge is 0.376 e. The fourth-order valence-electron chi connectivity index (χ4n) is 5.12. The zero-order chi connectivity index (χ0) is 32.0. The second-order valence-electron chi connectivity index (χ2n) is 12.3. The summed E-state index contributed by atoms with van der Waals surface area (Å²) in [5.74, 6) is -0.768. The summed E-state index contributed by atoms with van der Waals surface area (Å²) in [6.45, 7) is 9.58. The van der Waals surface area contributed by atoms with Crippen LogP contribution in [-0.2, 0) is 16.7 Å². The van der Waals surface area contributed by atoms with Gasteiger partial charge in [-0.1, -0.05) is 39.0 Å². The maximum atomic E-state index is 13.5. The number of benzene rings is 2. The van der Waals surface area contributed by atoms with Crippen LogP contribution < -0.4 is 16.0 Å². The fraction of sp³-hybridized carbons (Fsp3) is 0.306. The number of pyridine rings is 2. The molecule has 1 atom stereocenters. The molecule has 0 bridgehead atoms. The van der Waals surface area contributed by atoms with Crippen molar-refractivity contribution in [2.24, 2.45) is 0 Å². The lowest BCUT2D eigenvalue weighted by atomic mass is 9.85. The summed E-state index contributed by atoms with van der Waals surface area (Å²) in [4.78, 5) is 47.9. The first kappa shape index (κ1) is 31.5. The molecule has 2 aromatic heterocycles. The lowest BCUT2D eigenvalue weighted by Gasteiger charge is -2.21. The predicted octanol–water partition coefficient (Wildman–Crippen LogP) is 5.84. The molecule has 3 heterocycles. The molecule has 0 radical (unpaired) electrons. The summed E-state index contributed by atoms with van der Waals surface area (Å²) in [5, 5.41) is 8.82. The van der Waals surface area contributed by atoms with Crippen LogP contribution in [0.3, 0.4) is 0 Å². The fourth-order valence-corrected chi connectivity index (χ4v) is 5.12. The Hall–Kier alpha value is -4.89. The van der Waals surface area contributed by atoms with Gasteiger partial charge in [0.15, 0.2) is 0 Å². The van der Waals surface area contributed by atoms with Gasteiger partial charge in [0, 0.05) is 60.0 Å². The molecule has 3 amide bonds. The van der Waals surface area contributed by atoms with Crippen LogP contribution in [0.1, 0.15) is 81.5 Å². The van der Waals surface area contributed by atoms with Gasteiger partial charge < -0.3 is 20.7 Å². The zero-order valence-electron chi connectivity index (χ0n) is 26.1. The molecule has 4 aromatic rings. The molecule has 0 spiro atoms. The topological polar surface area (TPSA) is 122 Å². The zero-order valence-corrected chi connectivity index (χ0v) is 26.1. The first-order valence-electron chi connectivity index (χ1n) is 15.2. The van der Waals surface area contributed by atoms with E-state index in [1.807, 2.05) is 70.2 Å². The van der Waals surface area contributed by atoms with E-state index in [0.29, 0.717) is 35.5 Å². The average molecular weight is 606 g/mol. The Bertz CT molecular complexity index is 1670. The van der Waals surface area contributed by atoms with Gasteiger partial charge in [-0.05, 0) is 84.3 Å². The number of hydrogen-bond donors (Lipinski definition) is 3. The Morgan fingerprint density at radius 1 is 0.889 bits per heavy atom. The van der Waals surface area contributed by atoms with E-state index in [0.717, 1.165) is 47.4 Å². The third kappa shape index (κ3) is 8.19. The predicted molar refractivity (Wildman–Crippen MR) is 174 cm³/mol. The third-order valence-corrected chi connectivity index (χ3v) is 7.82. The van der Waals surface area contributed by atoms with Crippen LogP contribution in [0.15, 0.2) is 79.3 Å². The summed E-state index contributed by atoms with van der Waals surface area (Å²) >= 11 is 0. The van der Waals surface area contributed by atoms with Gasteiger partial charge in [0.1, 0.15) is 0 Å². The van der Waals surface area contributed by atoms with Crippen LogP contribution in [0.25, 0.3) is 11.1 Å². The van der Waals surface area contributed by atoms with E-state index in [2.05, 4.69) is 25.9 Å². The Morgan fingerprint density at radius 3 is 2.29 bits per heavy atom. The molecule has 5 rings (SSSR count). The lowest BCUT2D eigenvalue weighted by molar-refractivity contribution is 0.0857. The minimum Gasteiger partial charge on any atom is -0.376 e. The van der Waals surface area contributed by atoms with Crippen LogP contribution in [0.4, 0.5) is 5.69 Å². The number of nitrogens with zero attached hydrogens (tertiary/aromatic N) is 2. The van der Waals surface area contributed by atoms with Crippen molar-refractivity contribution in [3.63, 3.8) is 0 Å². The number of carbonyl (C=O) groups is 3. The van der Waals surface area contributed by atoms with Gasteiger partial charge in [0.05, 0.1) is 18.0 Å². The SMILES string of the molecule is Cc1ncc(NC(=O)c2cc(C(=O)NCc3cccnc3)cc(C(C)(C)C)c2)cc1-c1ccc(C(=O)NCC2CCCO2)cc1. The van der Waals surface area contributed by atoms with E-state index >= 15 is 0 Å². The quantitative estimate of drug-likeness (QED) is 0.220. The molecular weight excluding hydrogens is 566 g/mol. The van der Waals surface area contributed by atoms with E-state index in [4.69, 9.17) is 4.74 Å². The highest BCUT2D eigenvalue weighted by Crippen LogP contribution is 2.28. The highest BCUT2D eigenvalue weighted by atomic mass is 16.5. The Morgan fingerprint density at radius 2 is 1.62 bits per heavy atom. The van der Waals surface area contributed by atoms with Crippen molar-refractivity contribution in [2.45, 2.75) is 58.6 Å². The average Bonchev–Trinajstić information content (AvgIpc) is 3.57. The van der Waals surface area contributed by atoms with Crippen molar-refractivity contribution in [2.75, 3.05) is 18.5 Å². The molecular formula is C36H39N5O4. The smallest absolute Gasteiger partial charge is 0.255 e. The van der Waals surface area contributed by atoms with Gasteiger partial charge in [0.2, 0.25) is 0 Å². The number of anilines is 1. The maximum absolute atomic E-state index is 13.5. The molecule has 2 aromatic carbocycles. The molecule has 232 valence electrons. The first-order chi connectivity index (χ1) is 21.6. The highest BCUT2D eigenvalue weighted by Gasteiger charge is 2.21. The molecule has 45 heavy (non-hydrogen) atoms. The van der Waals surface area contributed by atoms with Crippen LogP contribution in [-0.4, -0.2) is 46.9 Å². The molecule has 1 aliphatic heterocycles. The molecule has 1 unspecified atom stereocenters. The number of nitrogens with one attached hydrogen (secondary N) is 3. The second kappa shape index (κ2) is 13.8. The summed E-state index contributed by atoms with van der Waals surface area (Å²) in [6, 6.07) is 18.1. The standard InChI is InChI=1S/C36H39N5O4/c1-23-32(25-9-11-26(12-10-25)33(42)40-22-31-8-6-14-45-31)18-30(21-38-23)41-35(44)28-15-27(16-29(17-28)36(2,3)4)34(43)39-20-24-7-5-13-37-19-24/h5,7,9-13,15-19,21,31H,6,8,14,20,22H2,1-4H3,(H,39,43)(H,40,42)(H,41,44). The number of aryl methyl sites for hydroxylation is 1. The molecule has 9 heteroatoms. The molecule has 0 aliphatic carbocycles. The first-order valence-corrected chi connectivity index (χ1v) is 15.2. The monoisotopic (exact) mass is 605 g/mol. The molecule has 1 aliphatic rings. The van der Waals surface area contributed by atoms with Gasteiger partial charge in [-0.25, -0.2) is 0 Å². The van der Waals surface area contributed by atoms with Crippen molar-refractivity contribution in [3.8, 4) is 11.1 Å². The minimum absolute atomic E-state index is 0.0805. The molecule has 3 N–H and O–H groups in total. The summed E-state index contributed by atoms with van der Waals surface area (Å²) in [5.41, 5.74) is 5.79.